The van der Waals surface area contributed by atoms with Crippen LogP contribution in [0.5, 0.6) is 0 Å². The lowest BCUT2D eigenvalue weighted by atomic mass is 10.1. The fourth-order valence-electron chi connectivity index (χ4n) is 0.814. The topological polar surface area (TPSA) is 50.8 Å². The molecular weight excluding hydrogens is 118 g/mol. The molecule has 2 heterocycles. The summed E-state index contributed by atoms with van der Waals surface area (Å²) in [6, 6.07) is 0. The van der Waals surface area contributed by atoms with Gasteiger partial charge in [0.25, 0.3) is 0 Å². The van der Waals surface area contributed by atoms with Gasteiger partial charge in [0, 0.05) is 0 Å². The maximum absolute atomic E-state index is 4.98. The van der Waals surface area contributed by atoms with Gasteiger partial charge in [-0.1, -0.05) is 0 Å². The molecule has 0 radical (unpaired) electrons. The minimum Gasteiger partial charge on any atom is -0.380 e. The zero-order chi connectivity index (χ0) is 6.10. The highest BCUT2D eigenvalue weighted by molar-refractivity contribution is 5.03. The van der Waals surface area contributed by atoms with E-state index in [0.717, 1.165) is 18.9 Å². The average Bonchev–Trinajstić information content (AvgIpc) is 2.11. The Kier molecular flexibility index (Phi) is 0.989. The fraction of sp³-hybridized carbons (Fsp3) is 0.600. The molecule has 1 N–H and O–H groups in total. The van der Waals surface area contributed by atoms with E-state index < -0.39 is 0 Å². The number of aromatic amines is 1. The van der Waals surface area contributed by atoms with E-state index >= 15 is 0 Å². The molecule has 0 unspecified atom stereocenters. The van der Waals surface area contributed by atoms with Crippen LogP contribution in [0.4, 0.5) is 0 Å². The van der Waals surface area contributed by atoms with Gasteiger partial charge in [-0.15, -0.1) is 0 Å². The number of hydrogen-bond acceptors (Lipinski definition) is 3. The maximum atomic E-state index is 4.98. The van der Waals surface area contributed by atoms with Crippen molar-refractivity contribution in [3.8, 4) is 0 Å². The van der Waals surface area contributed by atoms with Gasteiger partial charge in [0.1, 0.15) is 0 Å². The molecule has 4 heteroatoms. The van der Waals surface area contributed by atoms with Crippen molar-refractivity contribution >= 4 is 0 Å². The van der Waals surface area contributed by atoms with Gasteiger partial charge in [0.05, 0.1) is 31.0 Å². The van der Waals surface area contributed by atoms with Crippen molar-refractivity contribution in [1.82, 2.24) is 15.4 Å². The van der Waals surface area contributed by atoms with Crippen LogP contribution >= 0.6 is 0 Å². The molecule has 9 heavy (non-hydrogen) atoms. The van der Waals surface area contributed by atoms with Crippen molar-refractivity contribution in [2.24, 2.45) is 0 Å². The molecular formula is C5H7N3O. The first-order chi connectivity index (χ1) is 4.47. The minimum atomic E-state index is 0.490. The van der Waals surface area contributed by atoms with E-state index in [0.29, 0.717) is 5.92 Å². The van der Waals surface area contributed by atoms with Crippen LogP contribution in [0.25, 0.3) is 0 Å². The molecule has 1 saturated heterocycles. The van der Waals surface area contributed by atoms with Crippen molar-refractivity contribution in [3.63, 3.8) is 0 Å². The zero-order valence-corrected chi connectivity index (χ0v) is 4.87. The molecule has 4 nitrogen and oxygen atoms in total. The van der Waals surface area contributed by atoms with Gasteiger partial charge in [-0.05, 0) is 0 Å². The van der Waals surface area contributed by atoms with Gasteiger partial charge in [-0.25, -0.2) is 0 Å². The van der Waals surface area contributed by atoms with Gasteiger partial charge in [0.2, 0.25) is 0 Å². The molecule has 1 aliphatic rings. The lowest BCUT2D eigenvalue weighted by Crippen LogP contribution is -2.25. The predicted octanol–water partition coefficient (Wildman–Crippen LogP) is -0.0815. The molecule has 0 atom stereocenters. The summed E-state index contributed by atoms with van der Waals surface area (Å²) in [5.74, 6) is 0.490. The van der Waals surface area contributed by atoms with E-state index in [4.69, 9.17) is 4.74 Å². The minimum absolute atomic E-state index is 0.490. The second-order valence-corrected chi connectivity index (χ2v) is 2.13. The van der Waals surface area contributed by atoms with Crippen LogP contribution in [-0.4, -0.2) is 28.6 Å². The first-order valence-electron chi connectivity index (χ1n) is 2.90. The number of rotatable bonds is 1. The second kappa shape index (κ2) is 1.80. The van der Waals surface area contributed by atoms with Crippen molar-refractivity contribution in [2.45, 2.75) is 5.92 Å². The number of nitrogens with zero attached hydrogens (tertiary/aromatic N) is 2. The summed E-state index contributed by atoms with van der Waals surface area (Å²) in [6.07, 6.45) is 1.74. The second-order valence-electron chi connectivity index (χ2n) is 2.13. The Morgan fingerprint density at radius 3 is 3.00 bits per heavy atom. The van der Waals surface area contributed by atoms with E-state index in [9.17, 15) is 0 Å². The number of hydrogen-bond donors (Lipinski definition) is 1. The average molecular weight is 125 g/mol. The van der Waals surface area contributed by atoms with Crippen molar-refractivity contribution in [1.29, 1.82) is 0 Å². The van der Waals surface area contributed by atoms with Gasteiger partial charge in [0.15, 0.2) is 0 Å². The Morgan fingerprint density at radius 1 is 1.67 bits per heavy atom. The molecule has 1 aliphatic heterocycles. The molecule has 48 valence electrons. The van der Waals surface area contributed by atoms with E-state index in [1.807, 2.05) is 0 Å². The molecule has 1 aromatic rings. The highest BCUT2D eigenvalue weighted by Gasteiger charge is 2.22. The van der Waals surface area contributed by atoms with Crippen molar-refractivity contribution < 1.29 is 4.74 Å². The molecule has 0 bridgehead atoms. The molecule has 0 spiro atoms. The van der Waals surface area contributed by atoms with E-state index in [2.05, 4.69) is 15.4 Å². The van der Waals surface area contributed by atoms with Crippen LogP contribution in [0, 0.1) is 0 Å². The van der Waals surface area contributed by atoms with Crippen LogP contribution in [0.15, 0.2) is 6.20 Å². The summed E-state index contributed by atoms with van der Waals surface area (Å²) in [5, 5.41) is 10.2. The summed E-state index contributed by atoms with van der Waals surface area (Å²) < 4.78 is 4.98. The molecule has 1 aromatic heterocycles. The Balaban J connectivity index is 2.14. The van der Waals surface area contributed by atoms with E-state index in [1.54, 1.807) is 6.20 Å². The van der Waals surface area contributed by atoms with Crippen LogP contribution in [-0.2, 0) is 4.74 Å². The standard InChI is InChI=1S/C5H7N3O/c1-5(7-8-6-1)4-2-9-3-4/h1,4H,2-3H2,(H,6,7,8). The van der Waals surface area contributed by atoms with Crippen LogP contribution in [0.3, 0.4) is 0 Å². The van der Waals surface area contributed by atoms with Crippen molar-refractivity contribution in [3.05, 3.63) is 11.9 Å². The van der Waals surface area contributed by atoms with E-state index in [1.165, 1.54) is 0 Å². The fourth-order valence-corrected chi connectivity index (χ4v) is 0.814. The Hall–Kier alpha value is -0.900. The smallest absolute Gasteiger partial charge is 0.0901 e. The Morgan fingerprint density at radius 2 is 2.56 bits per heavy atom. The third-order valence-electron chi connectivity index (χ3n) is 1.49. The molecule has 0 saturated carbocycles. The third kappa shape index (κ3) is 0.712. The SMILES string of the molecule is c1n[nH]nc1C1COC1. The van der Waals surface area contributed by atoms with Crippen molar-refractivity contribution in [2.75, 3.05) is 13.2 Å². The molecule has 1 fully saturated rings. The normalized spacial score (nSPS) is 19.6. The number of aromatic nitrogens is 3. The molecule has 2 rings (SSSR count). The van der Waals surface area contributed by atoms with Gasteiger partial charge in [-0.3, -0.25) is 0 Å². The maximum Gasteiger partial charge on any atom is 0.0901 e. The summed E-state index contributed by atoms with van der Waals surface area (Å²) >= 11 is 0. The Bertz CT molecular complexity index is 180. The third-order valence-corrected chi connectivity index (χ3v) is 1.49. The first kappa shape index (κ1) is 4.93. The lowest BCUT2D eigenvalue weighted by Gasteiger charge is -2.23. The zero-order valence-electron chi connectivity index (χ0n) is 4.87. The number of ether oxygens (including phenoxy) is 1. The number of H-pyrrole nitrogens is 1. The lowest BCUT2D eigenvalue weighted by molar-refractivity contribution is 0.00668. The summed E-state index contributed by atoms with van der Waals surface area (Å²) in [5.41, 5.74) is 1.02. The van der Waals surface area contributed by atoms with Gasteiger partial charge >= 0.3 is 0 Å². The Labute approximate surface area is 52.2 Å². The number of nitrogens with one attached hydrogen (secondary N) is 1. The summed E-state index contributed by atoms with van der Waals surface area (Å²) in [7, 11) is 0. The van der Waals surface area contributed by atoms with Gasteiger partial charge < -0.3 is 4.74 Å². The quantitative estimate of drug-likeness (QED) is 0.571. The van der Waals surface area contributed by atoms with Crippen LogP contribution < -0.4 is 0 Å². The molecule has 0 aromatic carbocycles. The monoisotopic (exact) mass is 125 g/mol. The summed E-state index contributed by atoms with van der Waals surface area (Å²) in [6.45, 7) is 1.60. The highest BCUT2D eigenvalue weighted by Crippen LogP contribution is 2.20. The molecule has 0 aliphatic carbocycles. The molecule has 0 amide bonds. The highest BCUT2D eigenvalue weighted by atomic mass is 16.5. The van der Waals surface area contributed by atoms with Crippen LogP contribution in [0.2, 0.25) is 0 Å². The largest absolute Gasteiger partial charge is 0.380 e. The first-order valence-corrected chi connectivity index (χ1v) is 2.90. The van der Waals surface area contributed by atoms with E-state index in [-0.39, 0.29) is 0 Å². The summed E-state index contributed by atoms with van der Waals surface area (Å²) in [4.78, 5) is 0. The van der Waals surface area contributed by atoms with Crippen LogP contribution in [0.1, 0.15) is 11.6 Å². The predicted molar refractivity (Wildman–Crippen MR) is 29.9 cm³/mol. The van der Waals surface area contributed by atoms with Gasteiger partial charge in [-0.2, -0.15) is 15.4 Å².